The van der Waals surface area contributed by atoms with Gasteiger partial charge in [0.1, 0.15) is 0 Å². The Labute approximate surface area is 111 Å². The van der Waals surface area contributed by atoms with Crippen LogP contribution in [0.4, 0.5) is 5.69 Å². The molecule has 1 aliphatic rings. The van der Waals surface area contributed by atoms with E-state index in [0.717, 1.165) is 6.54 Å². The first-order valence-electron chi connectivity index (χ1n) is 6.96. The van der Waals surface area contributed by atoms with E-state index >= 15 is 0 Å². The lowest BCUT2D eigenvalue weighted by Gasteiger charge is -2.33. The summed E-state index contributed by atoms with van der Waals surface area (Å²) in [6.45, 7) is 5.58. The minimum atomic E-state index is 0.131. The predicted molar refractivity (Wildman–Crippen MR) is 77.2 cm³/mol. The van der Waals surface area contributed by atoms with Crippen LogP contribution in [-0.4, -0.2) is 25.3 Å². The zero-order valence-corrected chi connectivity index (χ0v) is 11.9. The Hall–Kier alpha value is -1.02. The minimum absolute atomic E-state index is 0.131. The Kier molecular flexibility index (Phi) is 3.96. The van der Waals surface area contributed by atoms with Crippen molar-refractivity contribution >= 4 is 5.69 Å². The SMILES string of the molecule is Cc1ccc(N(C)CC2(CO)CCCC2)c(C)c1. The Bertz CT molecular complexity index is 408. The third kappa shape index (κ3) is 2.69. The molecule has 2 rings (SSSR count). The fourth-order valence-electron chi connectivity index (χ4n) is 3.31. The highest BCUT2D eigenvalue weighted by Crippen LogP contribution is 2.39. The highest BCUT2D eigenvalue weighted by Gasteiger charge is 2.34. The maximum absolute atomic E-state index is 9.70. The Morgan fingerprint density at radius 2 is 1.89 bits per heavy atom. The molecule has 0 spiro atoms. The van der Waals surface area contributed by atoms with Gasteiger partial charge in [-0.2, -0.15) is 0 Å². The van der Waals surface area contributed by atoms with Crippen molar-refractivity contribution in [2.24, 2.45) is 5.41 Å². The fourth-order valence-corrected chi connectivity index (χ4v) is 3.31. The number of rotatable bonds is 4. The van der Waals surface area contributed by atoms with Gasteiger partial charge in [-0.1, -0.05) is 30.5 Å². The van der Waals surface area contributed by atoms with Crippen LogP contribution in [0.2, 0.25) is 0 Å². The molecule has 1 aliphatic carbocycles. The van der Waals surface area contributed by atoms with Crippen molar-refractivity contribution in [1.82, 2.24) is 0 Å². The van der Waals surface area contributed by atoms with Crippen molar-refractivity contribution < 1.29 is 5.11 Å². The van der Waals surface area contributed by atoms with Crippen molar-refractivity contribution in [3.63, 3.8) is 0 Å². The lowest BCUT2D eigenvalue weighted by Crippen LogP contribution is -2.36. The zero-order chi connectivity index (χ0) is 13.2. The highest BCUT2D eigenvalue weighted by atomic mass is 16.3. The summed E-state index contributed by atoms with van der Waals surface area (Å²) in [6, 6.07) is 6.59. The molecule has 0 amide bonds. The minimum Gasteiger partial charge on any atom is -0.396 e. The van der Waals surface area contributed by atoms with Crippen LogP contribution in [0, 0.1) is 19.3 Å². The van der Waals surface area contributed by atoms with Crippen LogP contribution in [0.3, 0.4) is 0 Å². The van der Waals surface area contributed by atoms with Gasteiger partial charge in [0.2, 0.25) is 0 Å². The van der Waals surface area contributed by atoms with Gasteiger partial charge < -0.3 is 10.0 Å². The Balaban J connectivity index is 2.13. The molecule has 0 bridgehead atoms. The van der Waals surface area contributed by atoms with E-state index in [1.165, 1.54) is 42.5 Å². The molecular formula is C16H25NO. The average Bonchev–Trinajstić information content (AvgIpc) is 2.78. The summed E-state index contributed by atoms with van der Waals surface area (Å²) in [5.74, 6) is 0. The van der Waals surface area contributed by atoms with E-state index in [1.54, 1.807) is 0 Å². The second-order valence-corrected chi connectivity index (χ2v) is 6.01. The fraction of sp³-hybridized carbons (Fsp3) is 0.625. The van der Waals surface area contributed by atoms with Gasteiger partial charge in [-0.25, -0.2) is 0 Å². The molecule has 0 heterocycles. The number of hydrogen-bond acceptors (Lipinski definition) is 2. The summed E-state index contributed by atoms with van der Waals surface area (Å²) < 4.78 is 0. The molecule has 0 atom stereocenters. The van der Waals surface area contributed by atoms with Crippen molar-refractivity contribution in [2.75, 3.05) is 25.1 Å². The maximum atomic E-state index is 9.70. The molecule has 0 aromatic heterocycles. The monoisotopic (exact) mass is 247 g/mol. The van der Waals surface area contributed by atoms with Crippen LogP contribution >= 0.6 is 0 Å². The zero-order valence-electron chi connectivity index (χ0n) is 11.9. The molecule has 100 valence electrons. The van der Waals surface area contributed by atoms with Crippen molar-refractivity contribution in [3.8, 4) is 0 Å². The van der Waals surface area contributed by atoms with Gasteiger partial charge in [0.15, 0.2) is 0 Å². The van der Waals surface area contributed by atoms with E-state index < -0.39 is 0 Å². The van der Waals surface area contributed by atoms with Crippen LogP contribution in [0.1, 0.15) is 36.8 Å². The second-order valence-electron chi connectivity index (χ2n) is 6.01. The molecule has 18 heavy (non-hydrogen) atoms. The van der Waals surface area contributed by atoms with E-state index in [2.05, 4.69) is 44.0 Å². The Morgan fingerprint density at radius 3 is 2.44 bits per heavy atom. The van der Waals surface area contributed by atoms with E-state index in [-0.39, 0.29) is 5.41 Å². The normalized spacial score (nSPS) is 18.0. The van der Waals surface area contributed by atoms with Crippen molar-refractivity contribution in [1.29, 1.82) is 0 Å². The van der Waals surface area contributed by atoms with E-state index in [1.807, 2.05) is 0 Å². The van der Waals surface area contributed by atoms with Crippen LogP contribution < -0.4 is 4.90 Å². The number of benzene rings is 1. The highest BCUT2D eigenvalue weighted by molar-refractivity contribution is 5.54. The summed E-state index contributed by atoms with van der Waals surface area (Å²) in [5.41, 5.74) is 4.05. The van der Waals surface area contributed by atoms with Gasteiger partial charge in [-0.05, 0) is 38.3 Å². The van der Waals surface area contributed by atoms with Crippen molar-refractivity contribution in [2.45, 2.75) is 39.5 Å². The predicted octanol–water partition coefficient (Wildman–Crippen LogP) is 3.29. The van der Waals surface area contributed by atoms with E-state index in [0.29, 0.717) is 6.61 Å². The number of aliphatic hydroxyl groups is 1. The molecule has 1 fully saturated rings. The van der Waals surface area contributed by atoms with Gasteiger partial charge >= 0.3 is 0 Å². The largest absolute Gasteiger partial charge is 0.396 e. The molecule has 0 saturated heterocycles. The standard InChI is InChI=1S/C16H25NO/c1-13-6-7-15(14(2)10-13)17(3)11-16(12-18)8-4-5-9-16/h6-7,10,18H,4-5,8-9,11-12H2,1-3H3. The third-order valence-corrected chi connectivity index (χ3v) is 4.34. The summed E-state index contributed by atoms with van der Waals surface area (Å²) in [7, 11) is 2.15. The first kappa shape index (κ1) is 13.4. The Morgan fingerprint density at radius 1 is 1.22 bits per heavy atom. The van der Waals surface area contributed by atoms with Crippen LogP contribution in [0.5, 0.6) is 0 Å². The smallest absolute Gasteiger partial charge is 0.0504 e. The van der Waals surface area contributed by atoms with Crippen molar-refractivity contribution in [3.05, 3.63) is 29.3 Å². The molecule has 0 radical (unpaired) electrons. The second kappa shape index (κ2) is 5.31. The van der Waals surface area contributed by atoms with Crippen LogP contribution in [0.25, 0.3) is 0 Å². The lowest BCUT2D eigenvalue weighted by molar-refractivity contribution is 0.137. The van der Waals surface area contributed by atoms with Gasteiger partial charge in [-0.15, -0.1) is 0 Å². The molecule has 2 nitrogen and oxygen atoms in total. The summed E-state index contributed by atoms with van der Waals surface area (Å²) in [6.07, 6.45) is 4.86. The molecule has 2 heteroatoms. The topological polar surface area (TPSA) is 23.5 Å². The van der Waals surface area contributed by atoms with Gasteiger partial charge in [0.25, 0.3) is 0 Å². The first-order chi connectivity index (χ1) is 8.56. The van der Waals surface area contributed by atoms with E-state index in [4.69, 9.17) is 0 Å². The molecule has 0 unspecified atom stereocenters. The number of aliphatic hydroxyl groups excluding tert-OH is 1. The van der Waals surface area contributed by atoms with Gasteiger partial charge in [0.05, 0.1) is 6.61 Å². The average molecular weight is 247 g/mol. The van der Waals surface area contributed by atoms with Crippen LogP contribution in [-0.2, 0) is 0 Å². The number of hydrogen-bond donors (Lipinski definition) is 1. The van der Waals surface area contributed by atoms with Gasteiger partial charge in [-0.3, -0.25) is 0 Å². The van der Waals surface area contributed by atoms with E-state index in [9.17, 15) is 5.11 Å². The number of nitrogens with zero attached hydrogens (tertiary/aromatic N) is 1. The summed E-state index contributed by atoms with van der Waals surface area (Å²) >= 11 is 0. The summed E-state index contributed by atoms with van der Waals surface area (Å²) in [4.78, 5) is 2.32. The quantitative estimate of drug-likeness (QED) is 0.882. The number of aryl methyl sites for hydroxylation is 2. The lowest BCUT2D eigenvalue weighted by atomic mass is 9.86. The molecule has 1 aromatic rings. The number of anilines is 1. The van der Waals surface area contributed by atoms with Gasteiger partial charge in [0, 0.05) is 24.7 Å². The molecule has 1 saturated carbocycles. The first-order valence-corrected chi connectivity index (χ1v) is 6.96. The summed E-state index contributed by atoms with van der Waals surface area (Å²) in [5, 5.41) is 9.70. The van der Waals surface area contributed by atoms with Crippen LogP contribution in [0.15, 0.2) is 18.2 Å². The molecule has 0 aliphatic heterocycles. The maximum Gasteiger partial charge on any atom is 0.0504 e. The molecular weight excluding hydrogens is 222 g/mol. The molecule has 1 aromatic carbocycles. The molecule has 1 N–H and O–H groups in total. The third-order valence-electron chi connectivity index (χ3n) is 4.34.